The molecule has 1 saturated carbocycles. The number of benzene rings is 2. The summed E-state index contributed by atoms with van der Waals surface area (Å²) in [5, 5.41) is 11.2. The van der Waals surface area contributed by atoms with Crippen molar-refractivity contribution in [2.24, 2.45) is 11.8 Å². The quantitative estimate of drug-likeness (QED) is 0.581. The minimum absolute atomic E-state index is 0.0256. The Labute approximate surface area is 194 Å². The van der Waals surface area contributed by atoms with Crippen molar-refractivity contribution < 1.29 is 33.0 Å². The maximum Gasteiger partial charge on any atom is 0.407 e. The van der Waals surface area contributed by atoms with Gasteiger partial charge in [0.1, 0.15) is 19.1 Å². The number of ether oxygens (including phenoxy) is 1. The zero-order valence-corrected chi connectivity index (χ0v) is 18.0. The molecule has 34 heavy (non-hydrogen) atoms. The average molecular weight is 468 g/mol. The van der Waals surface area contributed by atoms with E-state index in [0.29, 0.717) is 4.90 Å². The van der Waals surface area contributed by atoms with E-state index in [0.717, 1.165) is 22.3 Å². The van der Waals surface area contributed by atoms with Crippen LogP contribution in [0.2, 0.25) is 0 Å². The summed E-state index contributed by atoms with van der Waals surface area (Å²) in [6, 6.07) is 15.6. The number of alkyl halides is 2. The van der Waals surface area contributed by atoms with Crippen LogP contribution in [0.3, 0.4) is 0 Å². The third-order valence-electron chi connectivity index (χ3n) is 6.20. The van der Waals surface area contributed by atoms with E-state index in [9.17, 15) is 23.2 Å². The Hall–Kier alpha value is -3.93. The molecule has 9 heteroatoms. The highest BCUT2D eigenvalue weighted by atomic mass is 19.3. The number of rotatable bonds is 8. The van der Waals surface area contributed by atoms with E-state index in [1.807, 2.05) is 48.5 Å². The summed E-state index contributed by atoms with van der Waals surface area (Å²) in [7, 11) is 0. The first kappa shape index (κ1) is 23.2. The number of nitrogens with zero attached hydrogens (tertiary/aromatic N) is 1. The fourth-order valence-electron chi connectivity index (χ4n) is 4.51. The van der Waals surface area contributed by atoms with Gasteiger partial charge in [0.15, 0.2) is 0 Å². The van der Waals surface area contributed by atoms with E-state index in [-0.39, 0.29) is 12.5 Å². The number of fused-ring (bicyclic) bond motifs is 3. The van der Waals surface area contributed by atoms with Crippen molar-refractivity contribution in [3.8, 4) is 23.5 Å². The zero-order chi connectivity index (χ0) is 24.5. The number of carboxylic acids is 1. The van der Waals surface area contributed by atoms with Gasteiger partial charge in [0, 0.05) is 12.5 Å². The molecule has 7 nitrogen and oxygen atoms in total. The summed E-state index contributed by atoms with van der Waals surface area (Å²) in [4.78, 5) is 36.2. The van der Waals surface area contributed by atoms with Gasteiger partial charge in [0.25, 0.3) is 5.92 Å². The lowest BCUT2D eigenvalue weighted by molar-refractivity contribution is -0.145. The molecule has 2 aliphatic rings. The van der Waals surface area contributed by atoms with Crippen LogP contribution in [0.15, 0.2) is 48.5 Å². The summed E-state index contributed by atoms with van der Waals surface area (Å²) in [6.45, 7) is -1.64. The van der Waals surface area contributed by atoms with Crippen LogP contribution in [0.5, 0.6) is 0 Å². The van der Waals surface area contributed by atoms with Gasteiger partial charge >= 0.3 is 12.1 Å². The Morgan fingerprint density at radius 1 is 1.09 bits per heavy atom. The molecule has 0 aromatic heterocycles. The maximum atomic E-state index is 14.2. The number of terminal acetylenes is 1. The van der Waals surface area contributed by atoms with Gasteiger partial charge in [-0.15, -0.1) is 6.42 Å². The lowest BCUT2D eigenvalue weighted by Gasteiger charge is -2.17. The van der Waals surface area contributed by atoms with Crippen molar-refractivity contribution in [2.75, 3.05) is 26.2 Å². The second-order valence-corrected chi connectivity index (χ2v) is 8.26. The van der Waals surface area contributed by atoms with Crippen LogP contribution in [0.4, 0.5) is 13.6 Å². The summed E-state index contributed by atoms with van der Waals surface area (Å²) >= 11 is 0. The van der Waals surface area contributed by atoms with Gasteiger partial charge in [-0.2, -0.15) is 0 Å². The number of nitrogens with one attached hydrogen (secondary N) is 1. The largest absolute Gasteiger partial charge is 0.480 e. The molecule has 0 heterocycles. The number of carbonyl (C=O) groups excluding carboxylic acids is 2. The van der Waals surface area contributed by atoms with Crippen LogP contribution >= 0.6 is 0 Å². The predicted octanol–water partition coefficient (Wildman–Crippen LogP) is 2.95. The van der Waals surface area contributed by atoms with E-state index < -0.39 is 55.4 Å². The molecule has 1 fully saturated rings. The van der Waals surface area contributed by atoms with Crippen LogP contribution < -0.4 is 5.32 Å². The molecule has 0 spiro atoms. The topological polar surface area (TPSA) is 95.9 Å². The van der Waals surface area contributed by atoms with E-state index >= 15 is 0 Å². The number of hydrogen-bond donors (Lipinski definition) is 2. The second kappa shape index (κ2) is 9.14. The van der Waals surface area contributed by atoms with Gasteiger partial charge in [-0.05, 0) is 22.3 Å². The Morgan fingerprint density at radius 3 is 2.24 bits per heavy atom. The SMILES string of the molecule is C#CCN(CC(=O)O)C(=O)C1C(CNC(=O)OCC2c3ccccc3-c3ccccc32)C1(F)F. The molecule has 0 radical (unpaired) electrons. The van der Waals surface area contributed by atoms with E-state index in [1.54, 1.807) is 0 Å². The number of carbonyl (C=O) groups is 3. The van der Waals surface area contributed by atoms with Crippen LogP contribution in [0, 0.1) is 24.2 Å². The minimum atomic E-state index is -3.38. The normalized spacial score (nSPS) is 19.3. The molecule has 2 N–H and O–H groups in total. The molecule has 176 valence electrons. The van der Waals surface area contributed by atoms with Gasteiger partial charge in [0.05, 0.1) is 12.5 Å². The smallest absolute Gasteiger partial charge is 0.407 e. The number of halogens is 2. The van der Waals surface area contributed by atoms with Gasteiger partial charge < -0.3 is 20.1 Å². The molecular formula is C25H22F2N2O5. The summed E-state index contributed by atoms with van der Waals surface area (Å²) in [5.41, 5.74) is 4.15. The van der Waals surface area contributed by atoms with Gasteiger partial charge in [-0.1, -0.05) is 54.5 Å². The van der Waals surface area contributed by atoms with E-state index in [4.69, 9.17) is 16.3 Å². The molecule has 0 saturated heterocycles. The Balaban J connectivity index is 1.34. The number of carboxylic acid groups (broad SMARTS) is 1. The Kier molecular flexibility index (Phi) is 6.24. The summed E-state index contributed by atoms with van der Waals surface area (Å²) in [6.07, 6.45) is 4.24. The van der Waals surface area contributed by atoms with Crippen molar-refractivity contribution in [3.63, 3.8) is 0 Å². The molecule has 2 aromatic carbocycles. The predicted molar refractivity (Wildman–Crippen MR) is 118 cm³/mol. The summed E-state index contributed by atoms with van der Waals surface area (Å²) in [5.74, 6) is -7.08. The second-order valence-electron chi connectivity index (χ2n) is 8.26. The molecule has 2 atom stereocenters. The zero-order valence-electron chi connectivity index (χ0n) is 18.0. The highest BCUT2D eigenvalue weighted by molar-refractivity contribution is 5.87. The van der Waals surface area contributed by atoms with Crippen molar-refractivity contribution >= 4 is 18.0 Å². The third-order valence-corrected chi connectivity index (χ3v) is 6.20. The van der Waals surface area contributed by atoms with Crippen molar-refractivity contribution in [1.29, 1.82) is 0 Å². The first-order valence-corrected chi connectivity index (χ1v) is 10.7. The molecule has 4 rings (SSSR count). The first-order valence-electron chi connectivity index (χ1n) is 10.7. The molecule has 2 unspecified atom stereocenters. The lowest BCUT2D eigenvalue weighted by atomic mass is 9.98. The lowest BCUT2D eigenvalue weighted by Crippen LogP contribution is -2.38. The Bertz CT molecular complexity index is 1130. The molecule has 0 aliphatic heterocycles. The number of hydrogen-bond acceptors (Lipinski definition) is 4. The van der Waals surface area contributed by atoms with E-state index in [2.05, 4.69) is 11.2 Å². The number of aliphatic carboxylic acids is 1. The van der Waals surface area contributed by atoms with Crippen molar-refractivity contribution in [2.45, 2.75) is 11.8 Å². The monoisotopic (exact) mass is 468 g/mol. The molecule has 2 aromatic rings. The van der Waals surface area contributed by atoms with Gasteiger partial charge in [-0.25, -0.2) is 13.6 Å². The van der Waals surface area contributed by atoms with Crippen LogP contribution in [0.1, 0.15) is 17.0 Å². The van der Waals surface area contributed by atoms with Gasteiger partial charge in [-0.3, -0.25) is 9.59 Å². The van der Waals surface area contributed by atoms with Crippen molar-refractivity contribution in [1.82, 2.24) is 10.2 Å². The Morgan fingerprint density at radius 2 is 1.68 bits per heavy atom. The number of amides is 2. The highest BCUT2D eigenvalue weighted by Crippen LogP contribution is 2.55. The average Bonchev–Trinajstić information content (AvgIpc) is 3.21. The molecular weight excluding hydrogens is 446 g/mol. The fourth-order valence-corrected chi connectivity index (χ4v) is 4.51. The van der Waals surface area contributed by atoms with Crippen LogP contribution in [0.25, 0.3) is 11.1 Å². The van der Waals surface area contributed by atoms with Crippen LogP contribution in [-0.4, -0.2) is 60.1 Å². The maximum absolute atomic E-state index is 14.2. The molecule has 2 aliphatic carbocycles. The highest BCUT2D eigenvalue weighted by Gasteiger charge is 2.72. The van der Waals surface area contributed by atoms with Gasteiger partial charge in [0.2, 0.25) is 5.91 Å². The molecule has 2 amide bonds. The van der Waals surface area contributed by atoms with Crippen molar-refractivity contribution in [3.05, 3.63) is 59.7 Å². The number of alkyl carbamates (subject to hydrolysis) is 1. The minimum Gasteiger partial charge on any atom is -0.480 e. The standard InChI is InChI=1S/C25H22F2N2O5/c1-2-11-29(13-21(30)31)23(32)22-20(25(22,26)27)12-28-24(33)34-14-19-17-9-5-3-7-15(17)16-8-4-6-10-18(16)19/h1,3-10,19-20,22H,11-14H2,(H,28,33)(H,30,31). The first-order chi connectivity index (χ1) is 16.3. The van der Waals surface area contributed by atoms with E-state index in [1.165, 1.54) is 0 Å². The fraction of sp³-hybridized carbons (Fsp3) is 0.320. The third kappa shape index (κ3) is 4.31. The molecule has 0 bridgehead atoms. The van der Waals surface area contributed by atoms with Crippen LogP contribution in [-0.2, 0) is 14.3 Å². The summed E-state index contributed by atoms with van der Waals surface area (Å²) < 4.78 is 33.8.